The van der Waals surface area contributed by atoms with Gasteiger partial charge in [-0.3, -0.25) is 14.6 Å². The zero-order chi connectivity index (χ0) is 21.9. The molecule has 0 saturated carbocycles. The molecule has 1 amide bonds. The van der Waals surface area contributed by atoms with Gasteiger partial charge in [0.05, 0.1) is 13.1 Å². The smallest absolute Gasteiger partial charge is 0.236 e. The Balaban J connectivity index is 1.05. The van der Waals surface area contributed by atoms with E-state index in [1.807, 2.05) is 37.4 Å². The molecule has 3 heterocycles. The molecule has 8 heteroatoms. The van der Waals surface area contributed by atoms with Gasteiger partial charge in [0.15, 0.2) is 29.1 Å². The second kappa shape index (κ2) is 9.26. The summed E-state index contributed by atoms with van der Waals surface area (Å²) in [6.45, 7) is 6.18. The van der Waals surface area contributed by atoms with Gasteiger partial charge in [0.25, 0.3) is 0 Å². The molecule has 8 nitrogen and oxygen atoms in total. The second-order valence-electron chi connectivity index (χ2n) is 8.51. The molecule has 0 aliphatic carbocycles. The summed E-state index contributed by atoms with van der Waals surface area (Å²) in [5.74, 6) is 3.25. The number of piperazine rings is 1. The van der Waals surface area contributed by atoms with E-state index < -0.39 is 0 Å². The Kier molecular flexibility index (Phi) is 6.05. The molecule has 0 radical (unpaired) electrons. The van der Waals surface area contributed by atoms with E-state index in [9.17, 15) is 4.79 Å². The summed E-state index contributed by atoms with van der Waals surface area (Å²) in [5, 5.41) is 0. The quantitative estimate of drug-likeness (QED) is 0.681. The first kappa shape index (κ1) is 20.9. The standard InChI is InChI=1S/C24H29N3O5/c1-25(14-19-16-29-20-4-2-3-5-22(20)32-19)24(28)15-27-10-8-26(9-11-27)13-18-6-7-21-23(12-18)31-17-30-21/h2-7,12,19H,8-11,13-17H2,1H3. The van der Waals surface area contributed by atoms with Gasteiger partial charge in [-0.2, -0.15) is 0 Å². The van der Waals surface area contributed by atoms with Crippen molar-refractivity contribution in [1.82, 2.24) is 14.7 Å². The highest BCUT2D eigenvalue weighted by molar-refractivity contribution is 5.78. The lowest BCUT2D eigenvalue weighted by atomic mass is 10.1. The lowest BCUT2D eigenvalue weighted by molar-refractivity contribution is -0.133. The molecule has 1 atom stereocenters. The molecule has 5 rings (SSSR count). The van der Waals surface area contributed by atoms with Gasteiger partial charge >= 0.3 is 0 Å². The molecule has 1 saturated heterocycles. The average Bonchev–Trinajstić information content (AvgIpc) is 3.28. The summed E-state index contributed by atoms with van der Waals surface area (Å²) in [6, 6.07) is 13.8. The maximum absolute atomic E-state index is 12.8. The SMILES string of the molecule is CN(CC1COc2ccccc2O1)C(=O)CN1CCN(Cc2ccc3c(c2)OCO3)CC1. The van der Waals surface area contributed by atoms with Gasteiger partial charge in [-0.15, -0.1) is 0 Å². The number of ether oxygens (including phenoxy) is 4. The fraction of sp³-hybridized carbons (Fsp3) is 0.458. The topological polar surface area (TPSA) is 63.7 Å². The van der Waals surface area contributed by atoms with Crippen LogP contribution in [-0.2, 0) is 11.3 Å². The number of likely N-dealkylation sites (N-methyl/N-ethyl adjacent to an activating group) is 1. The van der Waals surface area contributed by atoms with E-state index in [1.54, 1.807) is 4.90 Å². The van der Waals surface area contributed by atoms with Crippen molar-refractivity contribution < 1.29 is 23.7 Å². The highest BCUT2D eigenvalue weighted by Crippen LogP contribution is 2.33. The van der Waals surface area contributed by atoms with Crippen molar-refractivity contribution in [2.24, 2.45) is 0 Å². The van der Waals surface area contributed by atoms with Crippen molar-refractivity contribution in [2.45, 2.75) is 12.6 Å². The number of para-hydroxylation sites is 2. The van der Waals surface area contributed by atoms with Gasteiger partial charge in [0.2, 0.25) is 12.7 Å². The first-order valence-corrected chi connectivity index (χ1v) is 11.1. The fourth-order valence-electron chi connectivity index (χ4n) is 4.28. The van der Waals surface area contributed by atoms with Gasteiger partial charge in [0, 0.05) is 39.8 Å². The minimum absolute atomic E-state index is 0.108. The number of hydrogen-bond donors (Lipinski definition) is 0. The van der Waals surface area contributed by atoms with Crippen molar-refractivity contribution >= 4 is 5.91 Å². The number of hydrogen-bond acceptors (Lipinski definition) is 7. The Bertz CT molecular complexity index is 960. The monoisotopic (exact) mass is 439 g/mol. The third-order valence-corrected chi connectivity index (χ3v) is 6.14. The lowest BCUT2D eigenvalue weighted by Crippen LogP contribution is -2.50. The Hall–Kier alpha value is -2.97. The summed E-state index contributed by atoms with van der Waals surface area (Å²) in [5.41, 5.74) is 1.22. The Labute approximate surface area is 188 Å². The second-order valence-corrected chi connectivity index (χ2v) is 8.51. The van der Waals surface area contributed by atoms with E-state index in [1.165, 1.54) is 5.56 Å². The van der Waals surface area contributed by atoms with E-state index in [2.05, 4.69) is 21.9 Å². The maximum atomic E-state index is 12.8. The zero-order valence-corrected chi connectivity index (χ0v) is 18.4. The summed E-state index contributed by atoms with van der Waals surface area (Å²) < 4.78 is 22.6. The van der Waals surface area contributed by atoms with E-state index in [4.69, 9.17) is 18.9 Å². The number of carbonyl (C=O) groups excluding carboxylic acids is 1. The summed E-state index contributed by atoms with van der Waals surface area (Å²) in [6.07, 6.45) is -0.155. The van der Waals surface area contributed by atoms with Crippen molar-refractivity contribution in [3.05, 3.63) is 48.0 Å². The number of benzene rings is 2. The predicted octanol–water partition coefficient (Wildman–Crippen LogP) is 1.83. The van der Waals surface area contributed by atoms with Gasteiger partial charge in [0.1, 0.15) is 6.61 Å². The fourth-order valence-corrected chi connectivity index (χ4v) is 4.28. The molecule has 1 unspecified atom stereocenters. The van der Waals surface area contributed by atoms with Crippen LogP contribution in [-0.4, -0.2) is 86.4 Å². The lowest BCUT2D eigenvalue weighted by Gasteiger charge is -2.35. The normalized spacial score (nSPS) is 20.2. The Morgan fingerprint density at radius 3 is 2.50 bits per heavy atom. The van der Waals surface area contributed by atoms with Gasteiger partial charge < -0.3 is 23.8 Å². The van der Waals surface area contributed by atoms with Crippen molar-refractivity contribution in [3.63, 3.8) is 0 Å². The average molecular weight is 440 g/mol. The minimum Gasteiger partial charge on any atom is -0.486 e. The molecule has 0 N–H and O–H groups in total. The minimum atomic E-state index is -0.155. The van der Waals surface area contributed by atoms with Crippen molar-refractivity contribution in [3.8, 4) is 23.0 Å². The van der Waals surface area contributed by atoms with Gasteiger partial charge in [-0.25, -0.2) is 0 Å². The van der Waals surface area contributed by atoms with Crippen LogP contribution in [0, 0.1) is 0 Å². The van der Waals surface area contributed by atoms with E-state index in [0.29, 0.717) is 26.5 Å². The zero-order valence-electron chi connectivity index (χ0n) is 18.4. The largest absolute Gasteiger partial charge is 0.486 e. The van der Waals surface area contributed by atoms with Crippen molar-refractivity contribution in [2.75, 3.05) is 59.7 Å². The van der Waals surface area contributed by atoms with E-state index in [0.717, 1.165) is 55.7 Å². The van der Waals surface area contributed by atoms with Crippen molar-refractivity contribution in [1.29, 1.82) is 0 Å². The Morgan fingerprint density at radius 1 is 0.938 bits per heavy atom. The molecular weight excluding hydrogens is 410 g/mol. The van der Waals surface area contributed by atoms with Crippen LogP contribution in [0.15, 0.2) is 42.5 Å². The summed E-state index contributed by atoms with van der Waals surface area (Å²) >= 11 is 0. The molecule has 0 spiro atoms. The molecular formula is C24H29N3O5. The van der Waals surface area contributed by atoms with Crippen LogP contribution in [0.5, 0.6) is 23.0 Å². The predicted molar refractivity (Wildman–Crippen MR) is 118 cm³/mol. The van der Waals surface area contributed by atoms with E-state index >= 15 is 0 Å². The summed E-state index contributed by atoms with van der Waals surface area (Å²) in [7, 11) is 1.84. The molecule has 0 aromatic heterocycles. The number of carbonyl (C=O) groups is 1. The molecule has 32 heavy (non-hydrogen) atoms. The number of amides is 1. The van der Waals surface area contributed by atoms with Crippen LogP contribution in [0.2, 0.25) is 0 Å². The highest BCUT2D eigenvalue weighted by atomic mass is 16.7. The van der Waals surface area contributed by atoms with Crippen LogP contribution in [0.1, 0.15) is 5.56 Å². The van der Waals surface area contributed by atoms with Gasteiger partial charge in [-0.05, 0) is 29.8 Å². The third-order valence-electron chi connectivity index (χ3n) is 6.14. The molecule has 1 fully saturated rings. The first-order valence-electron chi connectivity index (χ1n) is 11.1. The van der Waals surface area contributed by atoms with Crippen LogP contribution in [0.3, 0.4) is 0 Å². The molecule has 3 aliphatic heterocycles. The molecule has 170 valence electrons. The molecule has 0 bridgehead atoms. The molecule has 2 aromatic carbocycles. The number of nitrogens with zero attached hydrogens (tertiary/aromatic N) is 3. The highest BCUT2D eigenvalue weighted by Gasteiger charge is 2.26. The van der Waals surface area contributed by atoms with Crippen LogP contribution >= 0.6 is 0 Å². The van der Waals surface area contributed by atoms with Crippen LogP contribution in [0.4, 0.5) is 0 Å². The first-order chi connectivity index (χ1) is 15.6. The van der Waals surface area contributed by atoms with Crippen LogP contribution in [0.25, 0.3) is 0 Å². The molecule has 3 aliphatic rings. The van der Waals surface area contributed by atoms with Gasteiger partial charge in [-0.1, -0.05) is 18.2 Å². The number of fused-ring (bicyclic) bond motifs is 2. The number of rotatable bonds is 6. The molecule has 2 aromatic rings. The maximum Gasteiger partial charge on any atom is 0.236 e. The van der Waals surface area contributed by atoms with Crippen LogP contribution < -0.4 is 18.9 Å². The Morgan fingerprint density at radius 2 is 1.66 bits per heavy atom. The van der Waals surface area contributed by atoms with E-state index in [-0.39, 0.29) is 12.0 Å². The third kappa shape index (κ3) is 4.76. The summed E-state index contributed by atoms with van der Waals surface area (Å²) in [4.78, 5) is 19.1.